The number of para-hydroxylation sites is 3. The van der Waals surface area contributed by atoms with Crippen LogP contribution in [0.2, 0.25) is 0 Å². The SMILES string of the molecule is CC1(C)c2ccccc2-c2ccc(N(c3ccccc3)c3ccc(-c4ccc5ccc6c7c(ccc4c57)cc4c5ccccc5n(-c5ccccc5)c46)cc3)cc21. The quantitative estimate of drug-likeness (QED) is 0.160. The van der Waals surface area contributed by atoms with Crippen molar-refractivity contribution in [1.82, 2.24) is 4.57 Å². The predicted octanol–water partition coefficient (Wildman–Crippen LogP) is 15.1. The molecule has 1 aromatic heterocycles. The van der Waals surface area contributed by atoms with Crippen molar-refractivity contribution >= 4 is 71.2 Å². The molecule has 57 heavy (non-hydrogen) atoms. The average molecular weight is 727 g/mol. The van der Waals surface area contributed by atoms with Gasteiger partial charge in [-0.15, -0.1) is 0 Å². The summed E-state index contributed by atoms with van der Waals surface area (Å²) in [6.07, 6.45) is 0. The molecule has 0 amide bonds. The van der Waals surface area contributed by atoms with E-state index in [4.69, 9.17) is 0 Å². The van der Waals surface area contributed by atoms with E-state index in [0.717, 1.165) is 17.1 Å². The van der Waals surface area contributed by atoms with E-state index in [1.165, 1.54) is 93.2 Å². The maximum absolute atomic E-state index is 2.45. The van der Waals surface area contributed by atoms with Gasteiger partial charge in [0.1, 0.15) is 0 Å². The maximum atomic E-state index is 2.45. The number of hydrogen-bond donors (Lipinski definition) is 0. The fourth-order valence-electron chi connectivity index (χ4n) is 10.1. The molecule has 2 nitrogen and oxygen atoms in total. The highest BCUT2D eigenvalue weighted by molar-refractivity contribution is 6.32. The van der Waals surface area contributed by atoms with Gasteiger partial charge in [0.2, 0.25) is 0 Å². The Labute approximate surface area is 331 Å². The molecule has 0 atom stereocenters. The zero-order valence-corrected chi connectivity index (χ0v) is 31.9. The molecule has 0 unspecified atom stereocenters. The first-order chi connectivity index (χ1) is 28.0. The van der Waals surface area contributed by atoms with Gasteiger partial charge in [-0.2, -0.15) is 0 Å². The molecule has 0 N–H and O–H groups in total. The van der Waals surface area contributed by atoms with Crippen molar-refractivity contribution in [3.8, 4) is 27.9 Å². The van der Waals surface area contributed by atoms with E-state index in [9.17, 15) is 0 Å². The summed E-state index contributed by atoms with van der Waals surface area (Å²) in [4.78, 5) is 2.39. The van der Waals surface area contributed by atoms with Gasteiger partial charge < -0.3 is 9.47 Å². The summed E-state index contributed by atoms with van der Waals surface area (Å²) in [6, 6.07) is 71.8. The van der Waals surface area contributed by atoms with Crippen LogP contribution in [0.3, 0.4) is 0 Å². The van der Waals surface area contributed by atoms with Crippen molar-refractivity contribution in [3.63, 3.8) is 0 Å². The minimum atomic E-state index is -0.0763. The number of hydrogen-bond acceptors (Lipinski definition) is 1. The van der Waals surface area contributed by atoms with Crippen LogP contribution in [0.4, 0.5) is 17.1 Å². The maximum Gasteiger partial charge on any atom is 0.0620 e. The lowest BCUT2D eigenvalue weighted by Crippen LogP contribution is -2.16. The Morgan fingerprint density at radius 3 is 1.86 bits per heavy atom. The van der Waals surface area contributed by atoms with Gasteiger partial charge >= 0.3 is 0 Å². The largest absolute Gasteiger partial charge is 0.310 e. The topological polar surface area (TPSA) is 8.17 Å². The van der Waals surface area contributed by atoms with Crippen LogP contribution in [-0.2, 0) is 5.41 Å². The molecular weight excluding hydrogens is 689 g/mol. The summed E-state index contributed by atoms with van der Waals surface area (Å²) >= 11 is 0. The lowest BCUT2D eigenvalue weighted by atomic mass is 9.82. The highest BCUT2D eigenvalue weighted by Crippen LogP contribution is 2.51. The molecular formula is C55H38N2. The highest BCUT2D eigenvalue weighted by Gasteiger charge is 2.35. The van der Waals surface area contributed by atoms with Crippen LogP contribution < -0.4 is 4.90 Å². The van der Waals surface area contributed by atoms with Crippen LogP contribution in [0.25, 0.3) is 82.1 Å². The molecule has 0 spiro atoms. The second kappa shape index (κ2) is 11.9. The second-order valence-electron chi connectivity index (χ2n) is 16.1. The van der Waals surface area contributed by atoms with E-state index < -0.39 is 0 Å². The summed E-state index contributed by atoms with van der Waals surface area (Å²) < 4.78 is 2.45. The Morgan fingerprint density at radius 1 is 0.404 bits per heavy atom. The molecule has 10 aromatic carbocycles. The molecule has 0 saturated carbocycles. The monoisotopic (exact) mass is 726 g/mol. The van der Waals surface area contributed by atoms with Crippen LogP contribution in [0, 0.1) is 0 Å². The third kappa shape index (κ3) is 4.59. The molecule has 0 fully saturated rings. The van der Waals surface area contributed by atoms with E-state index in [2.05, 4.69) is 217 Å². The zero-order chi connectivity index (χ0) is 37.8. The first-order valence-corrected chi connectivity index (χ1v) is 19.9. The third-order valence-corrected chi connectivity index (χ3v) is 12.7. The number of rotatable bonds is 5. The lowest BCUT2D eigenvalue weighted by molar-refractivity contribution is 0.660. The first-order valence-electron chi connectivity index (χ1n) is 19.9. The molecule has 12 rings (SSSR count). The molecule has 1 aliphatic carbocycles. The van der Waals surface area contributed by atoms with Gasteiger partial charge in [0.05, 0.1) is 11.0 Å². The molecule has 0 aliphatic heterocycles. The summed E-state index contributed by atoms with van der Waals surface area (Å²) in [5, 5.41) is 10.3. The third-order valence-electron chi connectivity index (χ3n) is 12.7. The molecule has 0 radical (unpaired) electrons. The standard InChI is InChI=1S/C55H38N2/c1-55(2)49-19-11-9-17-43(49)44-32-28-41(34-50(44)55)56(38-13-5-3-6-14-38)40-26-21-35(22-27-40)42-29-23-36-24-31-47-53-37(25-30-46(42)52(36)53)33-48-45-18-10-12-20-51(45)57(54(47)48)39-15-7-4-8-16-39/h3-34H,1-2H3. The zero-order valence-electron chi connectivity index (χ0n) is 31.9. The normalized spacial score (nSPS) is 13.2. The predicted molar refractivity (Wildman–Crippen MR) is 242 cm³/mol. The molecule has 2 heteroatoms. The van der Waals surface area contributed by atoms with Crippen LogP contribution in [-0.4, -0.2) is 4.57 Å². The van der Waals surface area contributed by atoms with Gasteiger partial charge in [0.15, 0.2) is 0 Å². The Morgan fingerprint density at radius 2 is 1.02 bits per heavy atom. The molecule has 0 saturated heterocycles. The Bertz CT molecular complexity index is 3350. The Kier molecular flexibility index (Phi) is 6.72. The summed E-state index contributed by atoms with van der Waals surface area (Å²) in [6.45, 7) is 4.70. The second-order valence-corrected chi connectivity index (χ2v) is 16.1. The van der Waals surface area contributed by atoms with Gasteiger partial charge in [-0.1, -0.05) is 147 Å². The number of anilines is 3. The summed E-state index contributed by atoms with van der Waals surface area (Å²) in [5.74, 6) is 0. The van der Waals surface area contributed by atoms with Gasteiger partial charge in [-0.3, -0.25) is 0 Å². The van der Waals surface area contributed by atoms with E-state index in [1.807, 2.05) is 0 Å². The van der Waals surface area contributed by atoms with Crippen molar-refractivity contribution < 1.29 is 0 Å². The van der Waals surface area contributed by atoms with E-state index >= 15 is 0 Å². The van der Waals surface area contributed by atoms with E-state index in [-0.39, 0.29) is 5.41 Å². The van der Waals surface area contributed by atoms with Crippen LogP contribution in [0.5, 0.6) is 0 Å². The van der Waals surface area contributed by atoms with Crippen molar-refractivity contribution in [1.29, 1.82) is 0 Å². The van der Waals surface area contributed by atoms with Gasteiger partial charge in [-0.25, -0.2) is 0 Å². The van der Waals surface area contributed by atoms with Crippen molar-refractivity contribution in [2.24, 2.45) is 0 Å². The molecule has 11 aromatic rings. The minimum absolute atomic E-state index is 0.0763. The minimum Gasteiger partial charge on any atom is -0.310 e. The first kappa shape index (κ1) is 32.1. The van der Waals surface area contributed by atoms with Gasteiger partial charge in [0, 0.05) is 44.3 Å². The highest BCUT2D eigenvalue weighted by atomic mass is 15.1. The molecule has 1 aliphatic rings. The van der Waals surface area contributed by atoms with Crippen molar-refractivity contribution in [2.75, 3.05) is 4.90 Å². The summed E-state index contributed by atoms with van der Waals surface area (Å²) in [7, 11) is 0. The molecule has 0 bridgehead atoms. The van der Waals surface area contributed by atoms with Crippen LogP contribution >= 0.6 is 0 Å². The van der Waals surface area contributed by atoms with Crippen LogP contribution in [0.15, 0.2) is 194 Å². The molecule has 268 valence electrons. The summed E-state index contributed by atoms with van der Waals surface area (Å²) in [5.41, 5.74) is 14.9. The van der Waals surface area contributed by atoms with Crippen LogP contribution in [0.1, 0.15) is 25.0 Å². The average Bonchev–Trinajstić information content (AvgIpc) is 3.72. The van der Waals surface area contributed by atoms with E-state index in [1.54, 1.807) is 0 Å². The lowest BCUT2D eigenvalue weighted by Gasteiger charge is -2.28. The Balaban J connectivity index is 1.01. The van der Waals surface area contributed by atoms with Crippen molar-refractivity contribution in [3.05, 3.63) is 205 Å². The Hall–Kier alpha value is -7.16. The van der Waals surface area contributed by atoms with Gasteiger partial charge in [0.25, 0.3) is 0 Å². The fourth-order valence-corrected chi connectivity index (χ4v) is 10.1. The molecule has 1 heterocycles. The number of aromatic nitrogens is 1. The van der Waals surface area contributed by atoms with E-state index in [0.29, 0.717) is 0 Å². The number of nitrogens with zero attached hydrogens (tertiary/aromatic N) is 2. The number of benzene rings is 10. The number of fused-ring (bicyclic) bond motifs is 7. The van der Waals surface area contributed by atoms with Gasteiger partial charge in [-0.05, 0) is 121 Å². The fraction of sp³-hybridized carbons (Fsp3) is 0.0545. The van der Waals surface area contributed by atoms with Crippen molar-refractivity contribution in [2.45, 2.75) is 19.3 Å². The smallest absolute Gasteiger partial charge is 0.0620 e.